The number of ether oxygens (including phenoxy) is 1. The molecule has 0 fully saturated rings. The predicted octanol–water partition coefficient (Wildman–Crippen LogP) is 4.10. The largest absolute Gasteiger partial charge is 0.376 e. The lowest BCUT2D eigenvalue weighted by atomic mass is 10.1. The van der Waals surface area contributed by atoms with Gasteiger partial charge in [-0.05, 0) is 29.5 Å². The summed E-state index contributed by atoms with van der Waals surface area (Å²) in [5.41, 5.74) is 3.64. The van der Waals surface area contributed by atoms with E-state index in [2.05, 4.69) is 47.6 Å². The van der Waals surface area contributed by atoms with Gasteiger partial charge in [0.05, 0.1) is 13.2 Å². The molecule has 0 saturated carbocycles. The van der Waals surface area contributed by atoms with Crippen LogP contribution in [0.1, 0.15) is 11.8 Å². The quantitative estimate of drug-likeness (QED) is 0.583. The monoisotopic (exact) mass is 287 g/mol. The lowest BCUT2D eigenvalue weighted by molar-refractivity contribution is 0.158. The zero-order chi connectivity index (χ0) is 14.2. The average molecular weight is 287 g/mol. The molecule has 3 heteroatoms. The maximum absolute atomic E-state index is 5.45. The van der Waals surface area contributed by atoms with Gasteiger partial charge in [0.15, 0.2) is 0 Å². The fourth-order valence-corrected chi connectivity index (χ4v) is 2.72. The van der Waals surface area contributed by atoms with E-state index in [4.69, 9.17) is 4.74 Å². The molecule has 1 aromatic carbocycles. The highest BCUT2D eigenvalue weighted by Crippen LogP contribution is 2.25. The first-order valence-corrected chi connectivity index (χ1v) is 7.69. The second-order valence-corrected chi connectivity index (χ2v) is 5.85. The molecule has 1 aromatic heterocycles. The Morgan fingerprint density at radius 3 is 2.80 bits per heavy atom. The first kappa shape index (κ1) is 15.0. The lowest BCUT2D eigenvalue weighted by Crippen LogP contribution is -2.19. The molecular formula is C17H21NOS. The highest BCUT2D eigenvalue weighted by atomic mass is 32.1. The van der Waals surface area contributed by atoms with Gasteiger partial charge < -0.3 is 10.1 Å². The van der Waals surface area contributed by atoms with Crippen molar-refractivity contribution in [1.82, 2.24) is 5.32 Å². The van der Waals surface area contributed by atoms with Gasteiger partial charge in [0.1, 0.15) is 0 Å². The molecule has 1 N–H and O–H groups in total. The molecule has 0 amide bonds. The number of thiophene rings is 1. The SMILES string of the molecule is C=C(C)COCCNCc1cc(-c2ccccc2)cs1. The van der Waals surface area contributed by atoms with Crippen molar-refractivity contribution in [3.8, 4) is 11.1 Å². The molecule has 0 aliphatic heterocycles. The van der Waals surface area contributed by atoms with E-state index in [1.807, 2.05) is 13.0 Å². The van der Waals surface area contributed by atoms with Crippen LogP contribution in [0.2, 0.25) is 0 Å². The summed E-state index contributed by atoms with van der Waals surface area (Å²) in [5, 5.41) is 5.61. The predicted molar refractivity (Wildman–Crippen MR) is 87.1 cm³/mol. The van der Waals surface area contributed by atoms with E-state index < -0.39 is 0 Å². The van der Waals surface area contributed by atoms with Crippen molar-refractivity contribution < 1.29 is 4.74 Å². The third-order valence-electron chi connectivity index (χ3n) is 2.83. The van der Waals surface area contributed by atoms with Crippen LogP contribution in [0.4, 0.5) is 0 Å². The van der Waals surface area contributed by atoms with Gasteiger partial charge in [-0.15, -0.1) is 11.3 Å². The van der Waals surface area contributed by atoms with Crippen molar-refractivity contribution in [3.05, 3.63) is 58.8 Å². The van der Waals surface area contributed by atoms with Gasteiger partial charge in [0, 0.05) is 18.0 Å². The standard InChI is InChI=1S/C17H21NOS/c1-14(2)12-19-9-8-18-11-17-10-16(13-20-17)15-6-4-3-5-7-15/h3-7,10,13,18H,1,8-9,11-12H2,2H3. The Balaban J connectivity index is 1.72. The highest BCUT2D eigenvalue weighted by molar-refractivity contribution is 7.10. The van der Waals surface area contributed by atoms with Gasteiger partial charge in [-0.1, -0.05) is 42.5 Å². The summed E-state index contributed by atoms with van der Waals surface area (Å²) < 4.78 is 5.45. The Labute approximate surface area is 125 Å². The zero-order valence-electron chi connectivity index (χ0n) is 11.9. The van der Waals surface area contributed by atoms with Crippen LogP contribution in [0, 0.1) is 0 Å². The molecule has 2 rings (SSSR count). The minimum atomic E-state index is 0.652. The van der Waals surface area contributed by atoms with Gasteiger partial charge in [0.25, 0.3) is 0 Å². The van der Waals surface area contributed by atoms with E-state index in [-0.39, 0.29) is 0 Å². The highest BCUT2D eigenvalue weighted by Gasteiger charge is 2.01. The maximum Gasteiger partial charge on any atom is 0.0672 e. The summed E-state index contributed by atoms with van der Waals surface area (Å²) in [6.07, 6.45) is 0. The normalized spacial score (nSPS) is 10.7. The van der Waals surface area contributed by atoms with Crippen LogP contribution in [0.5, 0.6) is 0 Å². The van der Waals surface area contributed by atoms with Crippen LogP contribution in [0.25, 0.3) is 11.1 Å². The summed E-state index contributed by atoms with van der Waals surface area (Å²) in [7, 11) is 0. The first-order valence-electron chi connectivity index (χ1n) is 6.81. The van der Waals surface area contributed by atoms with E-state index >= 15 is 0 Å². The van der Waals surface area contributed by atoms with Crippen LogP contribution in [0.15, 0.2) is 53.9 Å². The molecule has 0 spiro atoms. The van der Waals surface area contributed by atoms with Crippen LogP contribution in [-0.4, -0.2) is 19.8 Å². The second-order valence-electron chi connectivity index (χ2n) is 4.85. The molecule has 0 unspecified atom stereocenters. The van der Waals surface area contributed by atoms with E-state index in [1.54, 1.807) is 11.3 Å². The maximum atomic E-state index is 5.45. The smallest absolute Gasteiger partial charge is 0.0672 e. The van der Waals surface area contributed by atoms with Gasteiger partial charge in [-0.2, -0.15) is 0 Å². The van der Waals surface area contributed by atoms with Gasteiger partial charge in [0.2, 0.25) is 0 Å². The molecule has 0 radical (unpaired) electrons. The second kappa shape index (κ2) is 8.00. The molecule has 0 bridgehead atoms. The third kappa shape index (κ3) is 4.93. The molecule has 0 aliphatic carbocycles. The van der Waals surface area contributed by atoms with Crippen molar-refractivity contribution in [3.63, 3.8) is 0 Å². The number of nitrogens with one attached hydrogen (secondary N) is 1. The molecule has 0 aliphatic rings. The van der Waals surface area contributed by atoms with Crippen molar-refractivity contribution in [2.45, 2.75) is 13.5 Å². The van der Waals surface area contributed by atoms with E-state index in [0.717, 1.165) is 25.3 Å². The molecule has 2 aromatic rings. The van der Waals surface area contributed by atoms with E-state index in [9.17, 15) is 0 Å². The fraction of sp³-hybridized carbons (Fsp3) is 0.294. The molecule has 106 valence electrons. The number of benzene rings is 1. The Kier molecular flexibility index (Phi) is 5.99. The molecule has 0 atom stereocenters. The summed E-state index contributed by atoms with van der Waals surface area (Å²) in [5.74, 6) is 0. The number of hydrogen-bond donors (Lipinski definition) is 1. The first-order chi connectivity index (χ1) is 9.75. The minimum Gasteiger partial charge on any atom is -0.376 e. The van der Waals surface area contributed by atoms with Crippen molar-refractivity contribution in [2.75, 3.05) is 19.8 Å². The molecule has 0 saturated heterocycles. The van der Waals surface area contributed by atoms with Crippen LogP contribution < -0.4 is 5.32 Å². The Hall–Kier alpha value is -1.42. The van der Waals surface area contributed by atoms with Gasteiger partial charge >= 0.3 is 0 Å². The lowest BCUT2D eigenvalue weighted by Gasteiger charge is -2.04. The molecule has 2 nitrogen and oxygen atoms in total. The number of hydrogen-bond acceptors (Lipinski definition) is 3. The Morgan fingerprint density at radius 1 is 1.25 bits per heavy atom. The zero-order valence-corrected chi connectivity index (χ0v) is 12.7. The van der Waals surface area contributed by atoms with Gasteiger partial charge in [-0.25, -0.2) is 0 Å². The third-order valence-corrected chi connectivity index (χ3v) is 3.77. The molecular weight excluding hydrogens is 266 g/mol. The Morgan fingerprint density at radius 2 is 2.05 bits per heavy atom. The van der Waals surface area contributed by atoms with E-state index in [0.29, 0.717) is 6.61 Å². The average Bonchev–Trinajstić information content (AvgIpc) is 2.92. The summed E-state index contributed by atoms with van der Waals surface area (Å²) in [6, 6.07) is 12.7. The summed E-state index contributed by atoms with van der Waals surface area (Å²) >= 11 is 1.80. The minimum absolute atomic E-state index is 0.652. The van der Waals surface area contributed by atoms with Crippen LogP contribution in [-0.2, 0) is 11.3 Å². The molecule has 20 heavy (non-hydrogen) atoms. The van der Waals surface area contributed by atoms with Crippen LogP contribution in [0.3, 0.4) is 0 Å². The fourth-order valence-electron chi connectivity index (χ4n) is 1.86. The summed E-state index contributed by atoms with van der Waals surface area (Å²) in [4.78, 5) is 1.35. The Bertz CT molecular complexity index is 533. The summed E-state index contributed by atoms with van der Waals surface area (Å²) in [6.45, 7) is 8.93. The van der Waals surface area contributed by atoms with Crippen molar-refractivity contribution in [1.29, 1.82) is 0 Å². The molecule has 1 heterocycles. The van der Waals surface area contributed by atoms with E-state index in [1.165, 1.54) is 16.0 Å². The van der Waals surface area contributed by atoms with Gasteiger partial charge in [-0.3, -0.25) is 0 Å². The van der Waals surface area contributed by atoms with Crippen molar-refractivity contribution >= 4 is 11.3 Å². The van der Waals surface area contributed by atoms with Crippen molar-refractivity contribution in [2.24, 2.45) is 0 Å². The number of rotatable bonds is 8. The van der Waals surface area contributed by atoms with Crippen LogP contribution >= 0.6 is 11.3 Å². The topological polar surface area (TPSA) is 21.3 Å².